The van der Waals surface area contributed by atoms with Crippen LogP contribution in [0.25, 0.3) is 11.0 Å². The zero-order chi connectivity index (χ0) is 15.7. The van der Waals surface area contributed by atoms with Crippen LogP contribution in [0.3, 0.4) is 0 Å². The Morgan fingerprint density at radius 3 is 2.52 bits per heavy atom. The average molecular weight is 289 g/mol. The van der Waals surface area contributed by atoms with E-state index in [1.165, 1.54) is 6.07 Å². The maximum absolute atomic E-state index is 11.8. The number of aromatic nitrogens is 2. The van der Waals surface area contributed by atoms with E-state index in [0.717, 1.165) is 5.82 Å². The van der Waals surface area contributed by atoms with Crippen LogP contribution in [-0.2, 0) is 11.2 Å². The minimum Gasteiger partial charge on any atom is -0.478 e. The summed E-state index contributed by atoms with van der Waals surface area (Å²) >= 11 is 0. The topological polar surface area (TPSA) is 98.2 Å². The van der Waals surface area contributed by atoms with E-state index in [4.69, 9.17) is 10.8 Å². The molecule has 1 aromatic heterocycles. The van der Waals surface area contributed by atoms with Crippen molar-refractivity contribution in [2.75, 3.05) is 0 Å². The zero-order valence-corrected chi connectivity index (χ0v) is 12.3. The van der Waals surface area contributed by atoms with Crippen LogP contribution in [0.15, 0.2) is 18.2 Å². The van der Waals surface area contributed by atoms with Gasteiger partial charge in [-0.05, 0) is 24.1 Å². The Balaban J connectivity index is 2.77. The quantitative estimate of drug-likeness (QED) is 0.879. The SMILES string of the molecule is CCc1nc2ccc(C(=O)O)cc2n1C(C(N)=O)C(C)C. The fraction of sp³-hybridized carbons (Fsp3) is 0.400. The first-order chi connectivity index (χ1) is 9.86. The number of aryl methyl sites for hydroxylation is 1. The van der Waals surface area contributed by atoms with Crippen LogP contribution < -0.4 is 5.73 Å². The summed E-state index contributed by atoms with van der Waals surface area (Å²) in [5.74, 6) is -0.744. The molecule has 0 saturated carbocycles. The Morgan fingerprint density at radius 1 is 1.38 bits per heavy atom. The molecule has 0 aliphatic rings. The van der Waals surface area contributed by atoms with Crippen molar-refractivity contribution in [3.8, 4) is 0 Å². The van der Waals surface area contributed by atoms with E-state index >= 15 is 0 Å². The van der Waals surface area contributed by atoms with Crippen molar-refractivity contribution < 1.29 is 14.7 Å². The van der Waals surface area contributed by atoms with Gasteiger partial charge in [0.05, 0.1) is 16.6 Å². The molecular formula is C15H19N3O3. The van der Waals surface area contributed by atoms with Crippen LogP contribution in [0, 0.1) is 5.92 Å². The number of aromatic carboxylic acids is 1. The van der Waals surface area contributed by atoms with Gasteiger partial charge in [0.1, 0.15) is 11.9 Å². The predicted octanol–water partition coefficient (Wildman–Crippen LogP) is 1.98. The smallest absolute Gasteiger partial charge is 0.335 e. The third-order valence-corrected chi connectivity index (χ3v) is 3.53. The lowest BCUT2D eigenvalue weighted by Gasteiger charge is -2.22. The first-order valence-electron chi connectivity index (χ1n) is 6.90. The molecule has 3 N–H and O–H groups in total. The number of benzene rings is 1. The van der Waals surface area contributed by atoms with Crippen LogP contribution in [0.5, 0.6) is 0 Å². The van der Waals surface area contributed by atoms with Crippen LogP contribution in [0.1, 0.15) is 43.0 Å². The van der Waals surface area contributed by atoms with E-state index in [1.807, 2.05) is 20.8 Å². The number of fused-ring (bicyclic) bond motifs is 1. The van der Waals surface area contributed by atoms with Gasteiger partial charge in [-0.3, -0.25) is 4.79 Å². The van der Waals surface area contributed by atoms with Crippen LogP contribution >= 0.6 is 0 Å². The fourth-order valence-electron chi connectivity index (χ4n) is 2.59. The molecule has 0 saturated heterocycles. The van der Waals surface area contributed by atoms with Gasteiger partial charge in [-0.1, -0.05) is 20.8 Å². The number of hydrogen-bond donors (Lipinski definition) is 2. The minimum absolute atomic E-state index is 0.0151. The number of amides is 1. The Kier molecular flexibility index (Phi) is 3.97. The lowest BCUT2D eigenvalue weighted by Crippen LogP contribution is -2.31. The van der Waals surface area contributed by atoms with E-state index in [-0.39, 0.29) is 11.5 Å². The molecule has 2 rings (SSSR count). The lowest BCUT2D eigenvalue weighted by atomic mass is 10.0. The second-order valence-corrected chi connectivity index (χ2v) is 5.35. The summed E-state index contributed by atoms with van der Waals surface area (Å²) in [6.07, 6.45) is 0.633. The number of nitrogens with zero attached hydrogens (tertiary/aromatic N) is 2. The van der Waals surface area contributed by atoms with Crippen molar-refractivity contribution in [2.24, 2.45) is 11.7 Å². The highest BCUT2D eigenvalue weighted by Gasteiger charge is 2.26. The van der Waals surface area contributed by atoms with Gasteiger partial charge in [0, 0.05) is 6.42 Å². The molecule has 0 aliphatic heterocycles. The summed E-state index contributed by atoms with van der Waals surface area (Å²) in [6, 6.07) is 4.17. The first-order valence-corrected chi connectivity index (χ1v) is 6.90. The fourth-order valence-corrected chi connectivity index (χ4v) is 2.59. The van der Waals surface area contributed by atoms with E-state index in [0.29, 0.717) is 17.5 Å². The molecule has 0 radical (unpaired) electrons. The molecule has 6 nitrogen and oxygen atoms in total. The average Bonchev–Trinajstić information content (AvgIpc) is 2.76. The monoisotopic (exact) mass is 289 g/mol. The van der Waals surface area contributed by atoms with Crippen molar-refractivity contribution in [2.45, 2.75) is 33.2 Å². The summed E-state index contributed by atoms with van der Waals surface area (Å²) in [7, 11) is 0. The van der Waals surface area contributed by atoms with Gasteiger partial charge in [-0.2, -0.15) is 0 Å². The highest BCUT2D eigenvalue weighted by atomic mass is 16.4. The number of carboxylic acids is 1. The van der Waals surface area contributed by atoms with E-state index in [1.54, 1.807) is 16.7 Å². The zero-order valence-electron chi connectivity index (χ0n) is 12.3. The molecule has 1 heterocycles. The number of carbonyl (C=O) groups is 2. The Labute approximate surface area is 122 Å². The maximum atomic E-state index is 11.8. The summed E-state index contributed by atoms with van der Waals surface area (Å²) in [5.41, 5.74) is 7.00. The predicted molar refractivity (Wildman–Crippen MR) is 79.1 cm³/mol. The summed E-state index contributed by atoms with van der Waals surface area (Å²) in [6.45, 7) is 5.75. The van der Waals surface area contributed by atoms with Crippen molar-refractivity contribution in [3.63, 3.8) is 0 Å². The van der Waals surface area contributed by atoms with E-state index < -0.39 is 17.9 Å². The number of hydrogen-bond acceptors (Lipinski definition) is 3. The molecule has 0 bridgehead atoms. The standard InChI is InChI=1S/C15H19N3O3/c1-4-12-17-10-6-5-9(15(20)21)7-11(10)18(12)13(8(2)3)14(16)19/h5-8,13H,4H2,1-3H3,(H2,16,19)(H,20,21). The maximum Gasteiger partial charge on any atom is 0.335 e. The van der Waals surface area contributed by atoms with E-state index in [9.17, 15) is 9.59 Å². The van der Waals surface area contributed by atoms with E-state index in [2.05, 4.69) is 4.98 Å². The van der Waals surface area contributed by atoms with Crippen LogP contribution in [-0.4, -0.2) is 26.5 Å². The molecule has 0 aliphatic carbocycles. The molecule has 112 valence electrons. The van der Waals surface area contributed by atoms with Gasteiger partial charge in [-0.25, -0.2) is 9.78 Å². The highest BCUT2D eigenvalue weighted by molar-refractivity contribution is 5.93. The number of rotatable bonds is 5. The molecule has 1 unspecified atom stereocenters. The number of carboxylic acid groups (broad SMARTS) is 1. The Bertz CT molecular complexity index is 703. The molecule has 21 heavy (non-hydrogen) atoms. The molecule has 1 amide bonds. The van der Waals surface area contributed by atoms with Crippen molar-refractivity contribution >= 4 is 22.9 Å². The van der Waals surface area contributed by atoms with Gasteiger partial charge in [-0.15, -0.1) is 0 Å². The van der Waals surface area contributed by atoms with Crippen molar-refractivity contribution in [1.82, 2.24) is 9.55 Å². The van der Waals surface area contributed by atoms with Gasteiger partial charge in [0.25, 0.3) is 0 Å². The minimum atomic E-state index is -1.01. The van der Waals surface area contributed by atoms with Gasteiger partial charge >= 0.3 is 5.97 Å². The third-order valence-electron chi connectivity index (χ3n) is 3.53. The second-order valence-electron chi connectivity index (χ2n) is 5.35. The number of imidazole rings is 1. The molecule has 1 atom stereocenters. The Hall–Kier alpha value is -2.37. The van der Waals surface area contributed by atoms with Crippen LogP contribution in [0.4, 0.5) is 0 Å². The summed E-state index contributed by atoms with van der Waals surface area (Å²) in [4.78, 5) is 27.5. The molecule has 6 heteroatoms. The molecule has 0 spiro atoms. The molecule has 2 aromatic rings. The molecule has 1 aromatic carbocycles. The highest BCUT2D eigenvalue weighted by Crippen LogP contribution is 2.27. The number of nitrogens with two attached hydrogens (primary N) is 1. The Morgan fingerprint density at radius 2 is 2.05 bits per heavy atom. The number of primary amides is 1. The van der Waals surface area contributed by atoms with Crippen LogP contribution in [0.2, 0.25) is 0 Å². The number of carbonyl (C=O) groups excluding carboxylic acids is 1. The lowest BCUT2D eigenvalue weighted by molar-refractivity contribution is -0.122. The van der Waals surface area contributed by atoms with Crippen molar-refractivity contribution in [1.29, 1.82) is 0 Å². The third kappa shape index (κ3) is 2.61. The second kappa shape index (κ2) is 5.55. The summed E-state index contributed by atoms with van der Waals surface area (Å²) in [5, 5.41) is 9.13. The van der Waals surface area contributed by atoms with Crippen molar-refractivity contribution in [3.05, 3.63) is 29.6 Å². The van der Waals surface area contributed by atoms with Gasteiger partial charge in [0.15, 0.2) is 0 Å². The molecule has 0 fully saturated rings. The van der Waals surface area contributed by atoms with Gasteiger partial charge in [0.2, 0.25) is 5.91 Å². The summed E-state index contributed by atoms with van der Waals surface area (Å²) < 4.78 is 1.77. The largest absolute Gasteiger partial charge is 0.478 e. The molecular weight excluding hydrogens is 270 g/mol. The normalized spacial score (nSPS) is 12.8. The first kappa shape index (κ1) is 15.0. The van der Waals surface area contributed by atoms with Gasteiger partial charge < -0.3 is 15.4 Å².